The van der Waals surface area contributed by atoms with Gasteiger partial charge in [-0.2, -0.15) is 0 Å². The maximum Gasteiger partial charge on any atom is 0.130 e. The fourth-order valence-corrected chi connectivity index (χ4v) is 2.69. The normalized spacial score (nSPS) is 13.4. The van der Waals surface area contributed by atoms with Crippen molar-refractivity contribution < 1.29 is 9.84 Å². The van der Waals surface area contributed by atoms with Crippen LogP contribution >= 0.6 is 0 Å². The summed E-state index contributed by atoms with van der Waals surface area (Å²) in [6, 6.07) is 11.6. The first-order valence-electron chi connectivity index (χ1n) is 9.24. The van der Waals surface area contributed by atoms with Crippen molar-refractivity contribution >= 4 is 12.0 Å². The molecule has 0 saturated heterocycles. The van der Waals surface area contributed by atoms with Crippen LogP contribution in [0.15, 0.2) is 54.0 Å². The molecule has 0 bridgehead atoms. The summed E-state index contributed by atoms with van der Waals surface area (Å²) >= 11 is 0. The Labute approximate surface area is 162 Å². The first kappa shape index (κ1) is 20.7. The SMILES string of the molecule is C=CCC(C)(O)c1cccc(Oc2cc(C)c(/N=C/N(C)CC)cc2C)c1. The molecule has 0 aromatic heterocycles. The van der Waals surface area contributed by atoms with Gasteiger partial charge in [0.15, 0.2) is 0 Å². The fourth-order valence-electron chi connectivity index (χ4n) is 2.69. The zero-order valence-electron chi connectivity index (χ0n) is 17.0. The zero-order chi connectivity index (χ0) is 20.0. The molecule has 0 spiro atoms. The van der Waals surface area contributed by atoms with E-state index in [0.717, 1.165) is 34.7 Å². The standard InChI is InChI=1S/C23H30N2O2/c1-7-12-23(5,26)19-10-9-11-20(15-19)27-22-14-17(3)21(13-18(22)4)24-16-25(6)8-2/h7,9-11,13-16,26H,1,8,12H2,2-6H3/b24-16+. The van der Waals surface area contributed by atoms with Crippen molar-refractivity contribution in [3.8, 4) is 11.5 Å². The first-order valence-corrected chi connectivity index (χ1v) is 9.24. The van der Waals surface area contributed by atoms with Crippen LogP contribution in [0.3, 0.4) is 0 Å². The Hall–Kier alpha value is -2.59. The molecule has 0 saturated carbocycles. The van der Waals surface area contributed by atoms with Crippen LogP contribution in [0.1, 0.15) is 37.0 Å². The van der Waals surface area contributed by atoms with Gasteiger partial charge in [-0.15, -0.1) is 6.58 Å². The number of nitrogens with zero attached hydrogens (tertiary/aromatic N) is 2. The van der Waals surface area contributed by atoms with Gasteiger partial charge >= 0.3 is 0 Å². The van der Waals surface area contributed by atoms with E-state index in [4.69, 9.17) is 4.74 Å². The van der Waals surface area contributed by atoms with E-state index in [2.05, 4.69) is 18.5 Å². The number of aliphatic hydroxyl groups is 1. The summed E-state index contributed by atoms with van der Waals surface area (Å²) in [7, 11) is 2.00. The molecule has 1 N–H and O–H groups in total. The molecule has 1 atom stereocenters. The number of benzene rings is 2. The Balaban J connectivity index is 2.27. The molecule has 4 heteroatoms. The van der Waals surface area contributed by atoms with Crippen molar-refractivity contribution in [3.05, 3.63) is 65.7 Å². The van der Waals surface area contributed by atoms with E-state index >= 15 is 0 Å². The monoisotopic (exact) mass is 366 g/mol. The van der Waals surface area contributed by atoms with E-state index in [1.54, 1.807) is 13.0 Å². The average molecular weight is 367 g/mol. The van der Waals surface area contributed by atoms with Crippen LogP contribution in [0.4, 0.5) is 5.69 Å². The van der Waals surface area contributed by atoms with Gasteiger partial charge in [-0.25, -0.2) is 4.99 Å². The summed E-state index contributed by atoms with van der Waals surface area (Å²) < 4.78 is 6.11. The van der Waals surface area contributed by atoms with Gasteiger partial charge in [0.05, 0.1) is 17.6 Å². The summed E-state index contributed by atoms with van der Waals surface area (Å²) in [6.45, 7) is 12.5. The maximum atomic E-state index is 10.6. The zero-order valence-corrected chi connectivity index (χ0v) is 17.0. The van der Waals surface area contributed by atoms with E-state index in [1.807, 2.05) is 68.5 Å². The average Bonchev–Trinajstić information content (AvgIpc) is 2.63. The van der Waals surface area contributed by atoms with Crippen LogP contribution in [-0.2, 0) is 5.60 Å². The minimum Gasteiger partial charge on any atom is -0.457 e. The minimum atomic E-state index is -0.962. The number of hydrogen-bond acceptors (Lipinski definition) is 3. The number of aryl methyl sites for hydroxylation is 2. The summed E-state index contributed by atoms with van der Waals surface area (Å²) in [4.78, 5) is 6.58. The van der Waals surface area contributed by atoms with Crippen LogP contribution in [0.5, 0.6) is 11.5 Å². The molecule has 0 aliphatic heterocycles. The molecule has 0 aliphatic carbocycles. The molecule has 1 unspecified atom stereocenters. The first-order chi connectivity index (χ1) is 12.8. The van der Waals surface area contributed by atoms with Gasteiger partial charge in [-0.1, -0.05) is 18.2 Å². The highest BCUT2D eigenvalue weighted by Crippen LogP contribution is 2.33. The molecule has 0 amide bonds. The van der Waals surface area contributed by atoms with Crippen molar-refractivity contribution in [2.24, 2.45) is 4.99 Å². The van der Waals surface area contributed by atoms with E-state index < -0.39 is 5.60 Å². The maximum absolute atomic E-state index is 10.6. The van der Waals surface area contributed by atoms with Crippen LogP contribution in [0.25, 0.3) is 0 Å². The van der Waals surface area contributed by atoms with Crippen LogP contribution in [0.2, 0.25) is 0 Å². The van der Waals surface area contributed by atoms with Gasteiger partial charge in [0.2, 0.25) is 0 Å². The molecule has 0 radical (unpaired) electrons. The minimum absolute atomic E-state index is 0.480. The lowest BCUT2D eigenvalue weighted by atomic mass is 9.92. The quantitative estimate of drug-likeness (QED) is 0.382. The molecule has 0 aliphatic rings. The van der Waals surface area contributed by atoms with E-state index in [9.17, 15) is 5.11 Å². The Bertz CT molecular complexity index is 825. The van der Waals surface area contributed by atoms with Gasteiger partial charge in [0, 0.05) is 13.6 Å². The predicted octanol–water partition coefficient (Wildman–Crippen LogP) is 5.49. The molecule has 4 nitrogen and oxygen atoms in total. The third-order valence-corrected chi connectivity index (χ3v) is 4.61. The smallest absolute Gasteiger partial charge is 0.130 e. The highest BCUT2D eigenvalue weighted by Gasteiger charge is 2.21. The van der Waals surface area contributed by atoms with Gasteiger partial charge in [-0.05, 0) is 75.1 Å². The van der Waals surface area contributed by atoms with Crippen molar-refractivity contribution in [1.29, 1.82) is 0 Å². The number of aliphatic imine (C=N–C) groups is 1. The highest BCUT2D eigenvalue weighted by molar-refractivity contribution is 5.64. The molecule has 144 valence electrons. The Morgan fingerprint density at radius 2 is 1.96 bits per heavy atom. The van der Waals surface area contributed by atoms with Crippen LogP contribution < -0.4 is 4.74 Å². The lowest BCUT2D eigenvalue weighted by Gasteiger charge is -2.23. The molecule has 2 rings (SSSR count). The number of hydrogen-bond donors (Lipinski definition) is 1. The van der Waals surface area contributed by atoms with Crippen LogP contribution in [0, 0.1) is 13.8 Å². The summed E-state index contributed by atoms with van der Waals surface area (Å²) in [6.07, 6.45) is 4.04. The Kier molecular flexibility index (Phi) is 6.81. The highest BCUT2D eigenvalue weighted by atomic mass is 16.5. The Morgan fingerprint density at radius 3 is 2.63 bits per heavy atom. The van der Waals surface area contributed by atoms with Crippen molar-refractivity contribution in [2.45, 2.75) is 39.7 Å². The second kappa shape index (κ2) is 8.87. The molecule has 2 aromatic carbocycles. The number of rotatable bonds is 8. The molecular weight excluding hydrogens is 336 g/mol. The van der Waals surface area contributed by atoms with Gasteiger partial charge in [-0.3, -0.25) is 0 Å². The van der Waals surface area contributed by atoms with Crippen molar-refractivity contribution in [3.63, 3.8) is 0 Å². The summed E-state index contributed by atoms with van der Waals surface area (Å²) in [5.74, 6) is 1.48. The van der Waals surface area contributed by atoms with E-state index in [1.165, 1.54) is 0 Å². The molecule has 0 fully saturated rings. The van der Waals surface area contributed by atoms with Gasteiger partial charge in [0.1, 0.15) is 11.5 Å². The Morgan fingerprint density at radius 1 is 1.22 bits per heavy atom. The fraction of sp³-hybridized carbons (Fsp3) is 0.348. The summed E-state index contributed by atoms with van der Waals surface area (Å²) in [5.41, 5.74) is 2.83. The second-order valence-electron chi connectivity index (χ2n) is 7.12. The lowest BCUT2D eigenvalue weighted by Crippen LogP contribution is -2.19. The van der Waals surface area contributed by atoms with Gasteiger partial charge in [0.25, 0.3) is 0 Å². The topological polar surface area (TPSA) is 45.1 Å². The van der Waals surface area contributed by atoms with Crippen molar-refractivity contribution in [1.82, 2.24) is 4.90 Å². The molecule has 0 heterocycles. The molecule has 2 aromatic rings. The van der Waals surface area contributed by atoms with Gasteiger partial charge < -0.3 is 14.7 Å². The van der Waals surface area contributed by atoms with Crippen LogP contribution in [-0.4, -0.2) is 29.9 Å². The largest absolute Gasteiger partial charge is 0.457 e. The molecular formula is C23H30N2O2. The number of ether oxygens (including phenoxy) is 1. The van der Waals surface area contributed by atoms with E-state index in [0.29, 0.717) is 12.2 Å². The van der Waals surface area contributed by atoms with Crippen molar-refractivity contribution in [2.75, 3.05) is 13.6 Å². The predicted molar refractivity (Wildman–Crippen MR) is 113 cm³/mol. The lowest BCUT2D eigenvalue weighted by molar-refractivity contribution is 0.0604. The summed E-state index contributed by atoms with van der Waals surface area (Å²) in [5, 5.41) is 10.6. The molecule has 27 heavy (non-hydrogen) atoms. The second-order valence-corrected chi connectivity index (χ2v) is 7.12. The third kappa shape index (κ3) is 5.44. The third-order valence-electron chi connectivity index (χ3n) is 4.61. The van der Waals surface area contributed by atoms with E-state index in [-0.39, 0.29) is 0 Å².